The second kappa shape index (κ2) is 18.7. The van der Waals surface area contributed by atoms with Gasteiger partial charge in [-0.15, -0.1) is 0 Å². The Morgan fingerprint density at radius 3 is 2.39 bits per heavy atom. The number of nitrogens with zero attached hydrogens (tertiary/aromatic N) is 2. The van der Waals surface area contributed by atoms with Crippen LogP contribution < -0.4 is 16.0 Å². The number of ether oxygens (including phenoxy) is 1. The van der Waals surface area contributed by atoms with E-state index in [4.69, 9.17) is 4.74 Å². The molecular formula is C34H45N5O6S. The van der Waals surface area contributed by atoms with Crippen molar-refractivity contribution in [3.8, 4) is 0 Å². The van der Waals surface area contributed by atoms with Gasteiger partial charge in [0.15, 0.2) is 0 Å². The molecule has 0 aliphatic carbocycles. The summed E-state index contributed by atoms with van der Waals surface area (Å²) in [6.45, 7) is 5.39. The van der Waals surface area contributed by atoms with Crippen LogP contribution in [0.25, 0.3) is 10.8 Å². The third-order valence-corrected chi connectivity index (χ3v) is 8.13. The number of hydrogen-bond donors (Lipinski definition) is 3. The van der Waals surface area contributed by atoms with Crippen LogP contribution >= 0.6 is 11.8 Å². The monoisotopic (exact) mass is 651 g/mol. The van der Waals surface area contributed by atoms with Crippen molar-refractivity contribution in [1.29, 1.82) is 0 Å². The summed E-state index contributed by atoms with van der Waals surface area (Å²) in [7, 11) is 1.31. The molecule has 0 unspecified atom stereocenters. The van der Waals surface area contributed by atoms with Crippen LogP contribution in [-0.4, -0.2) is 78.6 Å². The van der Waals surface area contributed by atoms with Gasteiger partial charge >= 0.3 is 12.0 Å². The smallest absolute Gasteiger partial charge is 0.328 e. The zero-order chi connectivity index (χ0) is 33.5. The first-order valence-electron chi connectivity index (χ1n) is 15.4. The van der Waals surface area contributed by atoms with E-state index in [-0.39, 0.29) is 36.1 Å². The first-order valence-corrected chi connectivity index (χ1v) is 16.8. The van der Waals surface area contributed by atoms with Crippen molar-refractivity contribution in [3.05, 3.63) is 88.0 Å². The number of nitro benzene ring substituents is 1. The number of carbonyl (C=O) groups excluding carboxylic acids is 3. The van der Waals surface area contributed by atoms with Crippen LogP contribution in [0.2, 0.25) is 0 Å². The number of amides is 3. The molecule has 2 atom stereocenters. The summed E-state index contributed by atoms with van der Waals surface area (Å²) < 4.78 is 4.93. The van der Waals surface area contributed by atoms with Crippen LogP contribution in [0.4, 0.5) is 10.5 Å². The van der Waals surface area contributed by atoms with Crippen molar-refractivity contribution in [3.63, 3.8) is 0 Å². The largest absolute Gasteiger partial charge is 0.467 e. The Kier molecular flexibility index (Phi) is 14.8. The van der Waals surface area contributed by atoms with Gasteiger partial charge in [-0.2, -0.15) is 11.8 Å². The Hall–Kier alpha value is -4.16. The molecule has 0 saturated heterocycles. The molecule has 12 heteroatoms. The molecule has 0 aromatic heterocycles. The number of esters is 1. The summed E-state index contributed by atoms with van der Waals surface area (Å²) in [5.74, 6) is 0.189. The highest BCUT2D eigenvalue weighted by atomic mass is 32.2. The maximum Gasteiger partial charge on any atom is 0.328 e. The number of hydrogen-bond acceptors (Lipinski definition) is 8. The number of nitro groups is 1. The summed E-state index contributed by atoms with van der Waals surface area (Å²) in [5.41, 5.74) is 1.95. The van der Waals surface area contributed by atoms with E-state index in [2.05, 4.69) is 35.9 Å². The van der Waals surface area contributed by atoms with Gasteiger partial charge in [-0.1, -0.05) is 68.4 Å². The lowest BCUT2D eigenvalue weighted by atomic mass is 10.0. The summed E-state index contributed by atoms with van der Waals surface area (Å²) >= 11 is 1.59. The molecular weight excluding hydrogens is 606 g/mol. The Morgan fingerprint density at radius 1 is 1.00 bits per heavy atom. The number of urea groups is 1. The van der Waals surface area contributed by atoms with Gasteiger partial charge in [-0.05, 0) is 59.1 Å². The van der Waals surface area contributed by atoms with Gasteiger partial charge in [-0.25, -0.2) is 9.59 Å². The number of non-ortho nitro benzene ring substituents is 1. The Labute approximate surface area is 275 Å². The number of fused-ring (bicyclic) bond motifs is 1. The molecule has 248 valence electrons. The highest BCUT2D eigenvalue weighted by Crippen LogP contribution is 2.21. The molecule has 3 amide bonds. The summed E-state index contributed by atoms with van der Waals surface area (Å²) in [6, 6.07) is 19.1. The standard InChI is InChI=1S/C34H45N5O6S/c1-24(2)20-28(36-34(42)35-18-16-25-12-14-29(15-13-25)39(43)44)22-38(21-27-10-7-9-26-8-5-6-11-30(26)27)23-32(40)37-31(17-19-46-4)33(41)45-3/h5-15,24,28,31H,16-23H2,1-4H3,(H,37,40)(H2,35,36,42)/t28-,31-/m0/s1. The Bertz CT molecular complexity index is 1450. The van der Waals surface area contributed by atoms with Gasteiger partial charge < -0.3 is 20.7 Å². The molecule has 46 heavy (non-hydrogen) atoms. The highest BCUT2D eigenvalue weighted by molar-refractivity contribution is 7.98. The normalized spacial score (nSPS) is 12.5. The maximum atomic E-state index is 13.4. The molecule has 0 radical (unpaired) electrons. The van der Waals surface area contributed by atoms with Crippen LogP contribution in [0.3, 0.4) is 0 Å². The second-order valence-corrected chi connectivity index (χ2v) is 12.6. The van der Waals surface area contributed by atoms with Gasteiger partial charge in [-0.3, -0.25) is 19.8 Å². The lowest BCUT2D eigenvalue weighted by molar-refractivity contribution is -0.384. The molecule has 0 heterocycles. The third-order valence-electron chi connectivity index (χ3n) is 7.49. The molecule has 0 saturated carbocycles. The van der Waals surface area contributed by atoms with Crippen molar-refractivity contribution in [2.24, 2.45) is 5.92 Å². The predicted octanol–water partition coefficient (Wildman–Crippen LogP) is 4.92. The molecule has 3 N–H and O–H groups in total. The van der Waals surface area contributed by atoms with Gasteiger partial charge in [0.2, 0.25) is 5.91 Å². The molecule has 3 aromatic carbocycles. The molecule has 0 bridgehead atoms. The summed E-state index contributed by atoms with van der Waals surface area (Å²) in [4.78, 5) is 51.2. The van der Waals surface area contributed by atoms with Gasteiger partial charge in [0.25, 0.3) is 5.69 Å². The van der Waals surface area contributed by atoms with Crippen LogP contribution in [0.5, 0.6) is 0 Å². The van der Waals surface area contributed by atoms with Gasteiger partial charge in [0, 0.05) is 37.8 Å². The highest BCUT2D eigenvalue weighted by Gasteiger charge is 2.25. The Morgan fingerprint density at radius 2 is 1.72 bits per heavy atom. The first kappa shape index (κ1) is 36.3. The number of carbonyl (C=O) groups is 3. The van der Waals surface area contributed by atoms with E-state index >= 15 is 0 Å². The summed E-state index contributed by atoms with van der Waals surface area (Å²) in [5, 5.41) is 21.9. The van der Waals surface area contributed by atoms with Crippen LogP contribution in [0.1, 0.15) is 37.8 Å². The minimum atomic E-state index is -0.740. The lowest BCUT2D eigenvalue weighted by Gasteiger charge is -2.30. The molecule has 0 aliphatic heterocycles. The minimum absolute atomic E-state index is 0.0218. The number of nitrogens with one attached hydrogen (secondary N) is 3. The molecule has 3 aromatic rings. The fourth-order valence-electron chi connectivity index (χ4n) is 5.33. The summed E-state index contributed by atoms with van der Waals surface area (Å²) in [6.07, 6.45) is 3.60. The molecule has 0 aliphatic rings. The van der Waals surface area contributed by atoms with Crippen molar-refractivity contribution < 1.29 is 24.0 Å². The third kappa shape index (κ3) is 12.0. The van der Waals surface area contributed by atoms with Crippen molar-refractivity contribution in [1.82, 2.24) is 20.9 Å². The van der Waals surface area contributed by atoms with Crippen LogP contribution in [0.15, 0.2) is 66.7 Å². The van der Waals surface area contributed by atoms with E-state index in [1.807, 2.05) is 47.6 Å². The maximum absolute atomic E-state index is 13.4. The molecule has 11 nitrogen and oxygen atoms in total. The van der Waals surface area contributed by atoms with E-state index in [0.717, 1.165) is 21.9 Å². The zero-order valence-electron chi connectivity index (χ0n) is 27.0. The average Bonchev–Trinajstić information content (AvgIpc) is 3.02. The van der Waals surface area contributed by atoms with Crippen molar-refractivity contribution in [2.45, 2.75) is 51.7 Å². The lowest BCUT2D eigenvalue weighted by Crippen LogP contribution is -2.51. The molecule has 3 rings (SSSR count). The number of benzene rings is 3. The van der Waals surface area contributed by atoms with Crippen molar-refractivity contribution in [2.75, 3.05) is 38.8 Å². The topological polar surface area (TPSA) is 143 Å². The van der Waals surface area contributed by atoms with E-state index in [9.17, 15) is 24.5 Å². The quantitative estimate of drug-likeness (QED) is 0.100. The van der Waals surface area contributed by atoms with E-state index in [0.29, 0.717) is 44.6 Å². The fourth-order valence-corrected chi connectivity index (χ4v) is 5.80. The SMILES string of the molecule is COC(=O)[C@H](CCSC)NC(=O)CN(Cc1cccc2ccccc12)C[C@H](CC(C)C)NC(=O)NCCc1ccc([N+](=O)[O-])cc1. The average molecular weight is 652 g/mol. The van der Waals surface area contributed by atoms with Crippen molar-refractivity contribution >= 4 is 46.1 Å². The van der Waals surface area contributed by atoms with Gasteiger partial charge in [0.1, 0.15) is 6.04 Å². The van der Waals surface area contributed by atoms with E-state index in [1.54, 1.807) is 23.9 Å². The fraction of sp³-hybridized carbons (Fsp3) is 0.441. The van der Waals surface area contributed by atoms with Gasteiger partial charge in [0.05, 0.1) is 18.6 Å². The van der Waals surface area contributed by atoms with E-state index < -0.39 is 16.9 Å². The first-order chi connectivity index (χ1) is 22.1. The minimum Gasteiger partial charge on any atom is -0.467 e. The number of rotatable bonds is 18. The Balaban J connectivity index is 1.73. The van der Waals surface area contributed by atoms with E-state index in [1.165, 1.54) is 19.2 Å². The molecule has 0 fully saturated rings. The second-order valence-electron chi connectivity index (χ2n) is 11.6. The number of thioether (sulfide) groups is 1. The predicted molar refractivity (Wildman–Crippen MR) is 183 cm³/mol. The molecule has 0 spiro atoms. The van der Waals surface area contributed by atoms with Crippen LogP contribution in [0, 0.1) is 16.0 Å². The number of methoxy groups -OCH3 is 1. The zero-order valence-corrected chi connectivity index (χ0v) is 27.8. The van der Waals surface area contributed by atoms with Crippen LogP contribution in [-0.2, 0) is 27.3 Å².